The summed E-state index contributed by atoms with van der Waals surface area (Å²) in [6.07, 6.45) is 0. The van der Waals surface area contributed by atoms with Crippen molar-refractivity contribution in [1.29, 1.82) is 0 Å². The van der Waals surface area contributed by atoms with Crippen molar-refractivity contribution in [1.82, 2.24) is 14.9 Å². The Hall–Kier alpha value is -3.49. The number of aromatic nitrogens is 2. The predicted octanol–water partition coefficient (Wildman–Crippen LogP) is 4.05. The molecule has 0 aliphatic carbocycles. The van der Waals surface area contributed by atoms with Crippen molar-refractivity contribution in [2.24, 2.45) is 0 Å². The molecule has 1 aromatic heterocycles. The molecule has 0 fully saturated rings. The van der Waals surface area contributed by atoms with Gasteiger partial charge in [0.15, 0.2) is 0 Å². The molecular formula is C24H23N3O4S. The van der Waals surface area contributed by atoms with Crippen molar-refractivity contribution in [3.63, 3.8) is 0 Å². The summed E-state index contributed by atoms with van der Waals surface area (Å²) in [7, 11) is -3.63. The minimum Gasteiger partial charge on any atom is -0.494 e. The minimum absolute atomic E-state index is 0.109. The number of nitrogens with zero attached hydrogens (tertiary/aromatic N) is 2. The first kappa shape index (κ1) is 21.7. The molecule has 0 radical (unpaired) electrons. The molecule has 0 aliphatic heterocycles. The first-order valence-corrected chi connectivity index (χ1v) is 11.7. The molecule has 4 rings (SSSR count). The second-order valence-electron chi connectivity index (χ2n) is 6.97. The number of fused-ring (bicyclic) bond motifs is 1. The molecule has 8 heteroatoms. The fraction of sp³-hybridized carbons (Fsp3) is 0.167. The van der Waals surface area contributed by atoms with Crippen LogP contribution in [0.2, 0.25) is 0 Å². The van der Waals surface area contributed by atoms with E-state index >= 15 is 0 Å². The van der Waals surface area contributed by atoms with Crippen LogP contribution in [-0.4, -0.2) is 38.4 Å². The largest absolute Gasteiger partial charge is 0.494 e. The molecule has 0 saturated carbocycles. The summed E-state index contributed by atoms with van der Waals surface area (Å²) in [5, 5.41) is 10.1. The maximum Gasteiger partial charge on any atom is 0.240 e. The molecule has 1 heterocycles. The fourth-order valence-electron chi connectivity index (χ4n) is 3.19. The average molecular weight is 450 g/mol. The number of ether oxygens (including phenoxy) is 2. The van der Waals surface area contributed by atoms with Gasteiger partial charge in [0.1, 0.15) is 12.4 Å². The monoisotopic (exact) mass is 449 g/mol. The second kappa shape index (κ2) is 9.76. The summed E-state index contributed by atoms with van der Waals surface area (Å²) >= 11 is 0. The Kier molecular flexibility index (Phi) is 6.63. The molecule has 0 unspecified atom stereocenters. The van der Waals surface area contributed by atoms with Gasteiger partial charge in [-0.1, -0.05) is 30.3 Å². The number of sulfonamides is 1. The molecule has 0 aliphatic rings. The molecule has 0 saturated heterocycles. The molecule has 7 nitrogen and oxygen atoms in total. The molecule has 32 heavy (non-hydrogen) atoms. The van der Waals surface area contributed by atoms with Crippen LogP contribution in [0.3, 0.4) is 0 Å². The van der Waals surface area contributed by atoms with E-state index in [0.717, 1.165) is 22.1 Å². The molecule has 0 atom stereocenters. The maximum absolute atomic E-state index is 12.6. The Balaban J connectivity index is 1.31. The van der Waals surface area contributed by atoms with E-state index in [1.165, 1.54) is 0 Å². The first-order chi connectivity index (χ1) is 15.5. The Bertz CT molecular complexity index is 1290. The van der Waals surface area contributed by atoms with Gasteiger partial charge in [-0.25, -0.2) is 13.1 Å². The van der Waals surface area contributed by atoms with Gasteiger partial charge >= 0.3 is 0 Å². The summed E-state index contributed by atoms with van der Waals surface area (Å²) < 4.78 is 38.6. The number of hydrogen-bond acceptors (Lipinski definition) is 6. The second-order valence-corrected chi connectivity index (χ2v) is 8.74. The number of hydrogen-bond donors (Lipinski definition) is 1. The van der Waals surface area contributed by atoms with Crippen molar-refractivity contribution in [3.05, 3.63) is 78.9 Å². The van der Waals surface area contributed by atoms with Crippen molar-refractivity contribution < 1.29 is 17.9 Å². The van der Waals surface area contributed by atoms with Gasteiger partial charge in [0.05, 0.1) is 17.2 Å². The highest BCUT2D eigenvalue weighted by Gasteiger charge is 2.14. The summed E-state index contributed by atoms with van der Waals surface area (Å²) in [6.45, 7) is 2.79. The minimum atomic E-state index is -3.63. The molecule has 4 aromatic rings. The Morgan fingerprint density at radius 2 is 1.62 bits per heavy atom. The normalized spacial score (nSPS) is 11.4. The van der Waals surface area contributed by atoms with Crippen LogP contribution in [-0.2, 0) is 10.0 Å². The van der Waals surface area contributed by atoms with Gasteiger partial charge in [0.2, 0.25) is 15.9 Å². The van der Waals surface area contributed by atoms with Crippen LogP contribution in [0, 0.1) is 0 Å². The van der Waals surface area contributed by atoms with E-state index in [2.05, 4.69) is 14.9 Å². The number of benzene rings is 3. The predicted molar refractivity (Wildman–Crippen MR) is 123 cm³/mol. The summed E-state index contributed by atoms with van der Waals surface area (Å²) in [4.78, 5) is 0.218. The Morgan fingerprint density at radius 1 is 0.844 bits per heavy atom. The van der Waals surface area contributed by atoms with Crippen molar-refractivity contribution in [2.75, 3.05) is 19.8 Å². The fourth-order valence-corrected chi connectivity index (χ4v) is 4.24. The molecule has 0 amide bonds. The van der Waals surface area contributed by atoms with Crippen molar-refractivity contribution in [3.8, 4) is 22.9 Å². The SMILES string of the molecule is CCOc1ccc(-c2ccc(OCCNS(=O)(=O)c3ccc4ccccc4c3)nn2)cc1. The van der Waals surface area contributed by atoms with Gasteiger partial charge < -0.3 is 9.47 Å². The van der Waals surface area contributed by atoms with Gasteiger partial charge in [0, 0.05) is 18.2 Å². The molecular weight excluding hydrogens is 426 g/mol. The lowest BCUT2D eigenvalue weighted by Crippen LogP contribution is -2.28. The Labute approximate surface area is 187 Å². The van der Waals surface area contributed by atoms with E-state index in [9.17, 15) is 8.42 Å². The zero-order chi connectivity index (χ0) is 22.4. The van der Waals surface area contributed by atoms with Crippen LogP contribution in [0.4, 0.5) is 0 Å². The van der Waals surface area contributed by atoms with E-state index < -0.39 is 10.0 Å². The third kappa shape index (κ3) is 5.22. The lowest BCUT2D eigenvalue weighted by molar-refractivity contribution is 0.307. The smallest absolute Gasteiger partial charge is 0.240 e. The summed E-state index contributed by atoms with van der Waals surface area (Å²) in [5.41, 5.74) is 1.62. The third-order valence-electron chi connectivity index (χ3n) is 4.78. The Morgan fingerprint density at radius 3 is 2.34 bits per heavy atom. The van der Waals surface area contributed by atoms with Crippen LogP contribution in [0.15, 0.2) is 83.8 Å². The highest BCUT2D eigenvalue weighted by molar-refractivity contribution is 7.89. The quantitative estimate of drug-likeness (QED) is 0.388. The molecule has 0 bridgehead atoms. The van der Waals surface area contributed by atoms with Crippen LogP contribution in [0.25, 0.3) is 22.0 Å². The van der Waals surface area contributed by atoms with E-state index in [1.54, 1.807) is 30.3 Å². The topological polar surface area (TPSA) is 90.4 Å². The molecule has 0 spiro atoms. The standard InChI is InChI=1S/C24H23N3O4S/c1-2-30-21-10-7-19(8-11-21)23-13-14-24(27-26-23)31-16-15-25-32(28,29)22-12-9-18-5-3-4-6-20(18)17-22/h3-14,17,25H,2,15-16H2,1H3. The molecule has 1 N–H and O–H groups in total. The first-order valence-electron chi connectivity index (χ1n) is 10.2. The van der Waals surface area contributed by atoms with Gasteiger partial charge in [-0.2, -0.15) is 0 Å². The van der Waals surface area contributed by atoms with E-state index in [4.69, 9.17) is 9.47 Å². The van der Waals surface area contributed by atoms with Gasteiger partial charge in [-0.05, 0) is 60.2 Å². The van der Waals surface area contributed by atoms with Crippen molar-refractivity contribution >= 4 is 20.8 Å². The van der Waals surface area contributed by atoms with Gasteiger partial charge in [-0.15, -0.1) is 10.2 Å². The number of nitrogens with one attached hydrogen (secondary N) is 1. The van der Waals surface area contributed by atoms with E-state index in [1.807, 2.05) is 55.5 Å². The lowest BCUT2D eigenvalue weighted by atomic mass is 10.1. The van der Waals surface area contributed by atoms with Crippen LogP contribution in [0.1, 0.15) is 6.92 Å². The van der Waals surface area contributed by atoms with Crippen molar-refractivity contribution in [2.45, 2.75) is 11.8 Å². The van der Waals surface area contributed by atoms with Crippen LogP contribution in [0.5, 0.6) is 11.6 Å². The van der Waals surface area contributed by atoms with E-state index in [0.29, 0.717) is 18.2 Å². The zero-order valence-corrected chi connectivity index (χ0v) is 18.4. The maximum atomic E-state index is 12.6. The highest BCUT2D eigenvalue weighted by Crippen LogP contribution is 2.21. The highest BCUT2D eigenvalue weighted by atomic mass is 32.2. The molecule has 164 valence electrons. The lowest BCUT2D eigenvalue weighted by Gasteiger charge is -2.09. The summed E-state index contributed by atoms with van der Waals surface area (Å²) in [5.74, 6) is 1.12. The zero-order valence-electron chi connectivity index (χ0n) is 17.6. The van der Waals surface area contributed by atoms with Gasteiger partial charge in [0.25, 0.3) is 0 Å². The van der Waals surface area contributed by atoms with Crippen LogP contribution >= 0.6 is 0 Å². The molecule has 3 aromatic carbocycles. The third-order valence-corrected chi connectivity index (χ3v) is 6.24. The van der Waals surface area contributed by atoms with E-state index in [-0.39, 0.29) is 18.0 Å². The average Bonchev–Trinajstić information content (AvgIpc) is 2.83. The van der Waals surface area contributed by atoms with Gasteiger partial charge in [-0.3, -0.25) is 0 Å². The summed E-state index contributed by atoms with van der Waals surface area (Å²) in [6, 6.07) is 23.8. The number of rotatable bonds is 9. The van der Waals surface area contributed by atoms with Crippen LogP contribution < -0.4 is 14.2 Å².